The highest BCUT2D eigenvalue weighted by Crippen LogP contribution is 2.67. The van der Waals surface area contributed by atoms with Gasteiger partial charge in [-0.25, -0.2) is 0 Å². The van der Waals surface area contributed by atoms with Crippen molar-refractivity contribution < 1.29 is 29.9 Å². The van der Waals surface area contributed by atoms with Crippen LogP contribution in [0.1, 0.15) is 131 Å². The Balaban J connectivity index is 1.02. The summed E-state index contributed by atoms with van der Waals surface area (Å²) in [6, 6.07) is 0. The summed E-state index contributed by atoms with van der Waals surface area (Å²) in [5.41, 5.74) is 2.03. The first kappa shape index (κ1) is 37.1. The molecule has 266 valence electrons. The van der Waals surface area contributed by atoms with Gasteiger partial charge in [-0.1, -0.05) is 78.4 Å². The molecule has 5 aliphatic rings. The Hall–Kier alpha value is -0.150. The largest absolute Gasteiger partial charge is 0.394 e. The summed E-state index contributed by atoms with van der Waals surface area (Å²) in [6.07, 6.45) is 17.7. The predicted octanol–water partition coefficient (Wildman–Crippen LogP) is 7.51. The van der Waals surface area contributed by atoms with E-state index in [1.807, 2.05) is 0 Å². The van der Waals surface area contributed by atoms with Gasteiger partial charge in [0.15, 0.2) is 0 Å². The molecule has 6 nitrogen and oxygen atoms in total. The normalized spacial score (nSPS) is 43.1. The second-order valence-corrected chi connectivity index (χ2v) is 18.2. The molecular weight excluding hydrogens is 596 g/mol. The minimum absolute atomic E-state index is 0.369. The third-order valence-corrected chi connectivity index (χ3v) is 15.0. The molecule has 0 aromatic rings. The zero-order chi connectivity index (χ0) is 33.1. The van der Waals surface area contributed by atoms with Crippen LogP contribution in [0.5, 0.6) is 0 Å². The fourth-order valence-corrected chi connectivity index (χ4v) is 12.2. The van der Waals surface area contributed by atoms with Crippen molar-refractivity contribution in [2.45, 2.75) is 167 Å². The van der Waals surface area contributed by atoms with Crippen LogP contribution < -0.4 is 0 Å². The van der Waals surface area contributed by atoms with Crippen LogP contribution in [0.3, 0.4) is 0 Å². The van der Waals surface area contributed by atoms with Crippen molar-refractivity contribution in [3.05, 3.63) is 11.6 Å². The highest BCUT2D eigenvalue weighted by Gasteiger charge is 2.59. The van der Waals surface area contributed by atoms with Crippen LogP contribution in [-0.4, -0.2) is 75.3 Å². The Morgan fingerprint density at radius 3 is 2.43 bits per heavy atom. The van der Waals surface area contributed by atoms with Gasteiger partial charge in [0, 0.05) is 6.61 Å². The minimum Gasteiger partial charge on any atom is -0.394 e. The first-order chi connectivity index (χ1) is 22.0. The van der Waals surface area contributed by atoms with Gasteiger partial charge in [0.2, 0.25) is 0 Å². The van der Waals surface area contributed by atoms with Crippen LogP contribution >= 0.6 is 11.8 Å². The Morgan fingerprint density at radius 1 is 0.891 bits per heavy atom. The van der Waals surface area contributed by atoms with E-state index in [-0.39, 0.29) is 6.61 Å². The average molecular weight is 665 g/mol. The predicted molar refractivity (Wildman–Crippen MR) is 187 cm³/mol. The Kier molecular flexibility index (Phi) is 13.1. The minimum atomic E-state index is -1.29. The van der Waals surface area contributed by atoms with Crippen molar-refractivity contribution in [2.24, 2.45) is 46.3 Å². The van der Waals surface area contributed by atoms with Gasteiger partial charge in [-0.05, 0) is 116 Å². The van der Waals surface area contributed by atoms with Crippen molar-refractivity contribution in [3.63, 3.8) is 0 Å². The summed E-state index contributed by atoms with van der Waals surface area (Å²) in [4.78, 5) is 0. The van der Waals surface area contributed by atoms with Gasteiger partial charge < -0.3 is 29.9 Å². The molecule has 4 N–H and O–H groups in total. The van der Waals surface area contributed by atoms with Gasteiger partial charge in [-0.2, -0.15) is 0 Å². The lowest BCUT2D eigenvalue weighted by atomic mass is 9.47. The van der Waals surface area contributed by atoms with Gasteiger partial charge in [-0.15, -0.1) is 11.8 Å². The number of fused-ring (bicyclic) bond motifs is 5. The molecule has 1 heterocycles. The summed E-state index contributed by atoms with van der Waals surface area (Å²) in [7, 11) is 0. The number of aliphatic hydroxyl groups excluding tert-OH is 4. The molecule has 0 aromatic heterocycles. The fourth-order valence-electron chi connectivity index (χ4n) is 11.0. The van der Waals surface area contributed by atoms with Gasteiger partial charge >= 0.3 is 0 Å². The maximum Gasteiger partial charge on any atom is 0.132 e. The van der Waals surface area contributed by atoms with Crippen molar-refractivity contribution in [2.75, 3.05) is 19.0 Å². The van der Waals surface area contributed by atoms with Gasteiger partial charge in [0.05, 0.1) is 12.7 Å². The second kappa shape index (κ2) is 16.2. The number of rotatable bonds is 15. The summed E-state index contributed by atoms with van der Waals surface area (Å²) >= 11 is 1.45. The molecular formula is C39H68O6S. The fraction of sp³-hybridized carbons (Fsp3) is 0.949. The lowest BCUT2D eigenvalue weighted by Gasteiger charge is -2.58. The van der Waals surface area contributed by atoms with Crippen molar-refractivity contribution in [1.82, 2.24) is 0 Å². The van der Waals surface area contributed by atoms with Crippen LogP contribution in [0.4, 0.5) is 0 Å². The monoisotopic (exact) mass is 664 g/mol. The second-order valence-electron chi connectivity index (χ2n) is 17.0. The lowest BCUT2D eigenvalue weighted by Crippen LogP contribution is -2.57. The van der Waals surface area contributed by atoms with Crippen molar-refractivity contribution >= 4 is 11.8 Å². The quantitative estimate of drug-likeness (QED) is 0.106. The third-order valence-electron chi connectivity index (χ3n) is 13.8. The molecule has 3 unspecified atom stereocenters. The molecule has 0 amide bonds. The van der Waals surface area contributed by atoms with E-state index >= 15 is 0 Å². The van der Waals surface area contributed by atoms with E-state index in [9.17, 15) is 20.4 Å². The molecule has 13 atom stereocenters. The van der Waals surface area contributed by atoms with Crippen molar-refractivity contribution in [1.29, 1.82) is 0 Å². The summed E-state index contributed by atoms with van der Waals surface area (Å²) in [6.45, 7) is 13.1. The number of thioether (sulfide) groups is 1. The van der Waals surface area contributed by atoms with Crippen LogP contribution in [0.25, 0.3) is 0 Å². The standard InChI is InChI=1S/C39H68O6S/c1-25(2)11-10-12-26(3)30-15-16-31-29-14-13-27-23-28(17-19-38(27,4)32(29)18-20-39(30,31)5)44-21-8-6-7-9-22-46-37-36(43)35(42)34(41)33(24-40)45-37/h13,25-26,28-37,40-43H,6-12,14-24H2,1-5H3/t26-,28+,29?,30-,31?,32?,33-,34-,35+,36+,37+,38+,39-/m1/s1. The maximum absolute atomic E-state index is 10.2. The van der Waals surface area contributed by atoms with Gasteiger partial charge in [0.1, 0.15) is 29.9 Å². The highest BCUT2D eigenvalue weighted by molar-refractivity contribution is 7.99. The van der Waals surface area contributed by atoms with Gasteiger partial charge in [-0.3, -0.25) is 0 Å². The van der Waals surface area contributed by atoms with E-state index in [0.717, 1.165) is 80.0 Å². The maximum atomic E-state index is 10.2. The zero-order valence-electron chi connectivity index (χ0n) is 29.7. The van der Waals surface area contributed by atoms with E-state index in [1.165, 1.54) is 76.0 Å². The average Bonchev–Trinajstić information content (AvgIpc) is 3.39. The smallest absolute Gasteiger partial charge is 0.132 e. The third kappa shape index (κ3) is 7.92. The van der Waals surface area contributed by atoms with Gasteiger partial charge in [0.25, 0.3) is 0 Å². The Morgan fingerprint density at radius 2 is 1.67 bits per heavy atom. The van der Waals surface area contributed by atoms with E-state index in [2.05, 4.69) is 40.7 Å². The topological polar surface area (TPSA) is 99.4 Å². The van der Waals surface area contributed by atoms with Crippen LogP contribution in [0.2, 0.25) is 0 Å². The van der Waals surface area contributed by atoms with E-state index in [0.29, 0.717) is 16.9 Å². The molecule has 4 fully saturated rings. The number of hydrogen-bond acceptors (Lipinski definition) is 7. The highest BCUT2D eigenvalue weighted by atomic mass is 32.2. The first-order valence-corrected chi connectivity index (χ1v) is 20.3. The lowest BCUT2D eigenvalue weighted by molar-refractivity contribution is -0.205. The Bertz CT molecular complexity index is 988. The molecule has 46 heavy (non-hydrogen) atoms. The number of allylic oxidation sites excluding steroid dienone is 1. The van der Waals surface area contributed by atoms with Crippen molar-refractivity contribution in [3.8, 4) is 0 Å². The first-order valence-electron chi connectivity index (χ1n) is 19.2. The molecule has 5 rings (SSSR count). The number of hydrogen-bond donors (Lipinski definition) is 4. The van der Waals surface area contributed by atoms with Crippen LogP contribution in [0, 0.1) is 46.3 Å². The molecule has 0 spiro atoms. The number of ether oxygens (including phenoxy) is 2. The molecule has 3 saturated carbocycles. The zero-order valence-corrected chi connectivity index (χ0v) is 30.6. The van der Waals surface area contributed by atoms with E-state index in [1.54, 1.807) is 5.57 Å². The molecule has 7 heteroatoms. The summed E-state index contributed by atoms with van der Waals surface area (Å²) in [5.74, 6) is 6.10. The molecule has 0 radical (unpaired) electrons. The summed E-state index contributed by atoms with van der Waals surface area (Å²) in [5, 5.41) is 39.5. The number of unbranched alkanes of at least 4 members (excludes halogenated alkanes) is 3. The molecule has 0 bridgehead atoms. The number of aliphatic hydroxyl groups is 4. The molecule has 1 aliphatic heterocycles. The summed E-state index contributed by atoms with van der Waals surface area (Å²) < 4.78 is 12.1. The molecule has 0 aromatic carbocycles. The van der Waals surface area contributed by atoms with E-state index < -0.39 is 29.9 Å². The van der Waals surface area contributed by atoms with Crippen LogP contribution in [0.15, 0.2) is 11.6 Å². The van der Waals surface area contributed by atoms with E-state index in [4.69, 9.17) is 9.47 Å². The molecule has 1 saturated heterocycles. The SMILES string of the molecule is CC(C)CCC[C@@H](C)[C@H]1CCC2C3CC=C4C[C@@H](OCCCCCCS[C@@H]5O[C@H](CO)[C@@H](O)[C@H](O)[C@@H]5O)CC[C@]4(C)C3CC[C@@]21C. The van der Waals surface area contributed by atoms with Crippen LogP contribution in [-0.2, 0) is 9.47 Å². The Labute approximate surface area is 284 Å². The molecule has 4 aliphatic carbocycles.